The number of carbonyl (C=O) groups is 1. The number of ether oxygens (including phenoxy) is 1. The van der Waals surface area contributed by atoms with Gasteiger partial charge >= 0.3 is 0 Å². The van der Waals surface area contributed by atoms with Crippen LogP contribution in [0.25, 0.3) is 0 Å². The van der Waals surface area contributed by atoms with Crippen LogP contribution in [0.4, 0.5) is 0 Å². The van der Waals surface area contributed by atoms with Gasteiger partial charge in [-0.15, -0.1) is 11.3 Å². The lowest BCUT2D eigenvalue weighted by molar-refractivity contribution is 0.0755. The first-order valence-electron chi connectivity index (χ1n) is 10.2. The molecule has 1 aromatic heterocycles. The Kier molecular flexibility index (Phi) is 6.48. The molecule has 1 unspecified atom stereocenters. The van der Waals surface area contributed by atoms with E-state index in [0.29, 0.717) is 22.2 Å². The molecule has 7 nitrogen and oxygen atoms in total. The second kappa shape index (κ2) is 9.28. The molecule has 0 fully saturated rings. The number of nitrogens with one attached hydrogen (secondary N) is 1. The molecule has 1 N–H and O–H groups in total. The number of carbonyl (C=O) groups excluding carboxylic acids is 1. The van der Waals surface area contributed by atoms with Crippen LogP contribution in [0.2, 0.25) is 4.34 Å². The van der Waals surface area contributed by atoms with Gasteiger partial charge in [-0.2, -0.15) is 0 Å². The Bertz CT molecular complexity index is 1030. The fraction of sp³-hybridized carbons (Fsp3) is 0.409. The highest BCUT2D eigenvalue weighted by atomic mass is 35.5. The van der Waals surface area contributed by atoms with Gasteiger partial charge in [-0.1, -0.05) is 22.8 Å². The van der Waals surface area contributed by atoms with Crippen molar-refractivity contribution in [2.24, 2.45) is 10.1 Å². The largest absolute Gasteiger partial charge is 0.490 e. The summed E-state index contributed by atoms with van der Waals surface area (Å²) in [5, 5.41) is 7.16. The Morgan fingerprint density at radius 1 is 1.39 bits per heavy atom. The van der Waals surface area contributed by atoms with E-state index in [-0.39, 0.29) is 18.1 Å². The van der Waals surface area contributed by atoms with Crippen molar-refractivity contribution in [1.82, 2.24) is 10.2 Å². The minimum absolute atomic E-state index is 0.0212. The number of thiophene rings is 1. The van der Waals surface area contributed by atoms with Gasteiger partial charge in [0.2, 0.25) is 0 Å². The smallest absolute Gasteiger partial charge is 0.261 e. The third-order valence-corrected chi connectivity index (χ3v) is 6.22. The Morgan fingerprint density at radius 2 is 2.23 bits per heavy atom. The minimum atomic E-state index is -0.230. The topological polar surface area (TPSA) is 75.5 Å². The molecule has 0 aliphatic carbocycles. The molecular weight excluding hydrogens is 436 g/mol. The minimum Gasteiger partial charge on any atom is -0.490 e. The molecule has 0 spiro atoms. The molecule has 2 aliphatic heterocycles. The summed E-state index contributed by atoms with van der Waals surface area (Å²) in [6.45, 7) is 6.08. The number of benzene rings is 1. The number of likely N-dealkylation sites (N-methyl/N-ethyl adjacent to an activating group) is 1. The van der Waals surface area contributed by atoms with Crippen LogP contribution < -0.4 is 10.1 Å². The highest BCUT2D eigenvalue weighted by Gasteiger charge is 2.26. The summed E-state index contributed by atoms with van der Waals surface area (Å²) >= 11 is 7.15. The van der Waals surface area contributed by atoms with Crippen LogP contribution in [0.1, 0.15) is 41.1 Å². The third kappa shape index (κ3) is 5.02. The van der Waals surface area contributed by atoms with E-state index in [9.17, 15) is 4.79 Å². The zero-order valence-corrected chi connectivity index (χ0v) is 19.3. The number of hydrogen-bond acceptors (Lipinski definition) is 7. The van der Waals surface area contributed by atoms with Crippen LogP contribution in [-0.4, -0.2) is 61.2 Å². The van der Waals surface area contributed by atoms with Crippen LogP contribution in [0.5, 0.6) is 5.75 Å². The molecule has 0 saturated heterocycles. The second-order valence-electron chi connectivity index (χ2n) is 7.79. The van der Waals surface area contributed by atoms with Gasteiger partial charge < -0.3 is 19.8 Å². The van der Waals surface area contributed by atoms with Crippen molar-refractivity contribution in [3.63, 3.8) is 0 Å². The summed E-state index contributed by atoms with van der Waals surface area (Å²) in [4.78, 5) is 25.1. The number of amides is 1. The molecule has 1 atom stereocenters. The number of rotatable bonds is 7. The fourth-order valence-corrected chi connectivity index (χ4v) is 4.48. The predicted octanol–water partition coefficient (Wildman–Crippen LogP) is 3.80. The van der Waals surface area contributed by atoms with E-state index in [4.69, 9.17) is 21.2 Å². The van der Waals surface area contributed by atoms with E-state index in [0.717, 1.165) is 41.5 Å². The maximum atomic E-state index is 12.2. The lowest BCUT2D eigenvalue weighted by Crippen LogP contribution is -2.31. The van der Waals surface area contributed by atoms with Crippen LogP contribution in [0.3, 0.4) is 0 Å². The normalized spacial score (nSPS) is 18.1. The molecule has 1 amide bonds. The van der Waals surface area contributed by atoms with Crippen molar-refractivity contribution in [2.45, 2.75) is 32.5 Å². The molecule has 2 aromatic rings. The van der Waals surface area contributed by atoms with Crippen LogP contribution >= 0.6 is 22.9 Å². The second-order valence-corrected chi connectivity index (χ2v) is 9.50. The van der Waals surface area contributed by atoms with Crippen molar-refractivity contribution in [2.75, 3.05) is 26.7 Å². The Labute approximate surface area is 190 Å². The van der Waals surface area contributed by atoms with E-state index in [1.54, 1.807) is 12.1 Å². The number of amidine groups is 1. The van der Waals surface area contributed by atoms with Gasteiger partial charge in [0.15, 0.2) is 0 Å². The lowest BCUT2D eigenvalue weighted by Gasteiger charge is -2.18. The monoisotopic (exact) mass is 460 g/mol. The van der Waals surface area contributed by atoms with Gasteiger partial charge in [-0.05, 0) is 38.1 Å². The van der Waals surface area contributed by atoms with E-state index in [2.05, 4.69) is 20.4 Å². The molecule has 9 heteroatoms. The van der Waals surface area contributed by atoms with E-state index in [1.165, 1.54) is 11.3 Å². The number of aliphatic imine (C=N–C) groups is 1. The summed E-state index contributed by atoms with van der Waals surface area (Å²) in [5.41, 5.74) is 2.73. The van der Waals surface area contributed by atoms with Gasteiger partial charge in [0.1, 0.15) is 17.7 Å². The van der Waals surface area contributed by atoms with Crippen LogP contribution in [0.15, 0.2) is 40.5 Å². The molecule has 2 aliphatic rings. The molecule has 1 aromatic carbocycles. The molecule has 0 bridgehead atoms. The van der Waals surface area contributed by atoms with Gasteiger partial charge in [0, 0.05) is 31.1 Å². The third-order valence-electron chi connectivity index (χ3n) is 4.99. The predicted molar refractivity (Wildman–Crippen MR) is 124 cm³/mol. The highest BCUT2D eigenvalue weighted by Crippen LogP contribution is 2.28. The van der Waals surface area contributed by atoms with Gasteiger partial charge in [-0.25, -0.2) is 0 Å². The van der Waals surface area contributed by atoms with Crippen molar-refractivity contribution in [1.29, 1.82) is 0 Å². The van der Waals surface area contributed by atoms with Gasteiger partial charge in [-0.3, -0.25) is 9.79 Å². The first-order chi connectivity index (χ1) is 14.9. The number of hydrogen-bond donors (Lipinski definition) is 1. The van der Waals surface area contributed by atoms with E-state index in [1.807, 2.05) is 39.1 Å². The van der Waals surface area contributed by atoms with E-state index < -0.39 is 0 Å². The first-order valence-corrected chi connectivity index (χ1v) is 11.4. The quantitative estimate of drug-likeness (QED) is 0.681. The molecular formula is C22H25ClN4O3S. The first kappa shape index (κ1) is 21.6. The maximum Gasteiger partial charge on any atom is 0.261 e. The SMILES string of the molecule is CC(C)Oc1cc(C2=NCCN2C)ccc1C1=NOC(CNC(=O)c2ccc(Cl)s2)C1. The average Bonchev–Trinajstić information content (AvgIpc) is 3.47. The summed E-state index contributed by atoms with van der Waals surface area (Å²) in [7, 11) is 2.04. The standard InChI is InChI=1S/C22H25ClN4O3S/c1-13(2)29-18-10-14(21-24-8-9-27(21)3)4-5-16(18)17-11-15(30-26-17)12-25-22(28)19-6-7-20(23)31-19/h4-7,10,13,15H,8-9,11-12H2,1-3H3,(H,25,28). The Morgan fingerprint density at radius 3 is 2.90 bits per heavy atom. The number of halogens is 1. The average molecular weight is 461 g/mol. The molecule has 0 saturated carbocycles. The zero-order valence-electron chi connectivity index (χ0n) is 17.7. The zero-order chi connectivity index (χ0) is 22.0. The molecule has 164 valence electrons. The fourth-order valence-electron chi connectivity index (χ4n) is 3.52. The van der Waals surface area contributed by atoms with Crippen LogP contribution in [0, 0.1) is 0 Å². The summed E-state index contributed by atoms with van der Waals surface area (Å²) < 4.78 is 6.68. The molecule has 31 heavy (non-hydrogen) atoms. The number of oxime groups is 1. The Balaban J connectivity index is 1.44. The maximum absolute atomic E-state index is 12.2. The van der Waals surface area contributed by atoms with Crippen LogP contribution in [-0.2, 0) is 4.84 Å². The van der Waals surface area contributed by atoms with E-state index >= 15 is 0 Å². The Hall–Kier alpha value is -2.58. The summed E-state index contributed by atoms with van der Waals surface area (Å²) in [5.74, 6) is 1.57. The van der Waals surface area contributed by atoms with Gasteiger partial charge in [0.05, 0.1) is 34.1 Å². The van der Waals surface area contributed by atoms with Crippen molar-refractivity contribution in [3.8, 4) is 5.75 Å². The summed E-state index contributed by atoms with van der Waals surface area (Å²) in [6, 6.07) is 9.50. The lowest BCUT2D eigenvalue weighted by atomic mass is 10.0. The molecule has 4 rings (SSSR count). The number of nitrogens with zero attached hydrogens (tertiary/aromatic N) is 3. The molecule has 0 radical (unpaired) electrons. The van der Waals surface area contributed by atoms with Crippen molar-refractivity contribution in [3.05, 3.63) is 50.7 Å². The molecule has 3 heterocycles. The van der Waals surface area contributed by atoms with Crippen molar-refractivity contribution >= 4 is 40.4 Å². The summed E-state index contributed by atoms with van der Waals surface area (Å²) in [6.07, 6.45) is 0.374. The van der Waals surface area contributed by atoms with Gasteiger partial charge in [0.25, 0.3) is 5.91 Å². The van der Waals surface area contributed by atoms with Crippen molar-refractivity contribution < 1.29 is 14.4 Å². The highest BCUT2D eigenvalue weighted by molar-refractivity contribution is 7.18.